The Kier molecular flexibility index (Phi) is 5.07. The summed E-state index contributed by atoms with van der Waals surface area (Å²) in [5.41, 5.74) is 1.37. The van der Waals surface area contributed by atoms with Gasteiger partial charge < -0.3 is 0 Å². The molecule has 1 rings (SSSR count). The Morgan fingerprint density at radius 2 is 1.73 bits per heavy atom. The highest BCUT2D eigenvalue weighted by Gasteiger charge is 2.21. The third kappa shape index (κ3) is 3.76. The zero-order valence-corrected chi connectivity index (χ0v) is 12.6. The van der Waals surface area contributed by atoms with Crippen LogP contribution >= 0.6 is 15.9 Å². The summed E-state index contributed by atoms with van der Waals surface area (Å²) < 4.78 is 0. The summed E-state index contributed by atoms with van der Waals surface area (Å²) in [6.07, 6.45) is 2.69. The number of benzene rings is 1. The van der Waals surface area contributed by atoms with Gasteiger partial charge >= 0.3 is 0 Å². The maximum Gasteiger partial charge on any atom is 0.0806 e. The second-order valence-electron chi connectivity index (χ2n) is 4.82. The van der Waals surface area contributed by atoms with Crippen LogP contribution in [0.15, 0.2) is 24.3 Å². The van der Waals surface area contributed by atoms with E-state index in [0.717, 1.165) is 5.33 Å². The number of hydrogen-bond acceptors (Lipinski definition) is 0. The number of halogens is 1. The molecule has 0 amide bonds. The molecule has 84 valence electrons. The van der Waals surface area contributed by atoms with Crippen molar-refractivity contribution in [3.05, 3.63) is 29.8 Å². The van der Waals surface area contributed by atoms with Gasteiger partial charge in [-0.3, -0.25) is 0 Å². The summed E-state index contributed by atoms with van der Waals surface area (Å²) in [5, 5.41) is 2.56. The molecule has 0 atom stereocenters. The summed E-state index contributed by atoms with van der Waals surface area (Å²) >= 11 is 3.49. The van der Waals surface area contributed by atoms with E-state index < -0.39 is 8.07 Å². The van der Waals surface area contributed by atoms with Crippen LogP contribution in [0.4, 0.5) is 0 Å². The number of alkyl halides is 1. The molecule has 0 nitrogen and oxygen atoms in total. The fraction of sp³-hybridized carbons (Fsp3) is 0.538. The molecule has 15 heavy (non-hydrogen) atoms. The van der Waals surface area contributed by atoms with Crippen molar-refractivity contribution in [2.75, 3.05) is 0 Å². The molecule has 0 aliphatic carbocycles. The van der Waals surface area contributed by atoms with E-state index in [4.69, 9.17) is 0 Å². The summed E-state index contributed by atoms with van der Waals surface area (Å²) in [4.78, 5) is 0. The highest BCUT2D eigenvalue weighted by molar-refractivity contribution is 9.08. The molecule has 0 radical (unpaired) electrons. The van der Waals surface area contributed by atoms with Crippen molar-refractivity contribution < 1.29 is 0 Å². The van der Waals surface area contributed by atoms with Crippen molar-refractivity contribution in [1.29, 1.82) is 0 Å². The molecular formula is C13H21BrSi. The van der Waals surface area contributed by atoms with Gasteiger partial charge in [-0.25, -0.2) is 0 Å². The lowest BCUT2D eigenvalue weighted by atomic mass is 10.2. The molecule has 0 N–H and O–H groups in total. The monoisotopic (exact) mass is 284 g/mol. The summed E-state index contributed by atoms with van der Waals surface area (Å²) in [6.45, 7) is 7.23. The van der Waals surface area contributed by atoms with Crippen molar-refractivity contribution in [3.63, 3.8) is 0 Å². The highest BCUT2D eigenvalue weighted by Crippen LogP contribution is 2.14. The molecule has 0 saturated heterocycles. The van der Waals surface area contributed by atoms with Gasteiger partial charge in [0.1, 0.15) is 0 Å². The van der Waals surface area contributed by atoms with E-state index in [0.29, 0.717) is 0 Å². The normalized spacial score (nSPS) is 11.7. The molecule has 0 heterocycles. The Labute approximate surface area is 103 Å². The van der Waals surface area contributed by atoms with Crippen molar-refractivity contribution in [1.82, 2.24) is 0 Å². The van der Waals surface area contributed by atoms with Crippen molar-refractivity contribution >= 4 is 29.2 Å². The molecule has 0 spiro atoms. The smallest absolute Gasteiger partial charge is 0.0806 e. The molecule has 1 aromatic rings. The average molecular weight is 285 g/mol. The van der Waals surface area contributed by atoms with Gasteiger partial charge in [0.25, 0.3) is 0 Å². The Balaban J connectivity index is 2.75. The van der Waals surface area contributed by atoms with E-state index in [-0.39, 0.29) is 0 Å². The van der Waals surface area contributed by atoms with Crippen molar-refractivity contribution in [2.24, 2.45) is 0 Å². The lowest BCUT2D eigenvalue weighted by molar-refractivity contribution is 0.870. The Bertz CT molecular complexity index is 290. The first kappa shape index (κ1) is 13.0. The molecule has 0 bridgehead atoms. The quantitative estimate of drug-likeness (QED) is 0.559. The summed E-state index contributed by atoms with van der Waals surface area (Å²) in [5.74, 6) is 0. The van der Waals surface area contributed by atoms with Crippen LogP contribution in [0, 0.1) is 0 Å². The molecule has 0 aliphatic rings. The van der Waals surface area contributed by atoms with Gasteiger partial charge in [-0.15, -0.1) is 0 Å². The van der Waals surface area contributed by atoms with E-state index in [1.54, 1.807) is 5.19 Å². The third-order valence-corrected chi connectivity index (χ3v) is 7.19. The van der Waals surface area contributed by atoms with E-state index >= 15 is 0 Å². The van der Waals surface area contributed by atoms with Crippen LogP contribution in [0.25, 0.3) is 0 Å². The minimum absolute atomic E-state index is 0.963. The summed E-state index contributed by atoms with van der Waals surface area (Å²) in [7, 11) is -1.15. The predicted molar refractivity (Wildman–Crippen MR) is 75.9 cm³/mol. The summed E-state index contributed by atoms with van der Waals surface area (Å²) in [6, 6.07) is 10.6. The van der Waals surface area contributed by atoms with Crippen LogP contribution in [-0.4, -0.2) is 8.07 Å². The van der Waals surface area contributed by atoms with E-state index in [2.05, 4.69) is 60.2 Å². The maximum atomic E-state index is 3.49. The van der Waals surface area contributed by atoms with Crippen LogP contribution in [0.5, 0.6) is 0 Å². The van der Waals surface area contributed by atoms with Gasteiger partial charge in [0.05, 0.1) is 8.07 Å². The first-order chi connectivity index (χ1) is 7.10. The molecule has 2 heteroatoms. The first-order valence-corrected chi connectivity index (χ1v) is 10.1. The highest BCUT2D eigenvalue weighted by atomic mass is 79.9. The Hall–Kier alpha value is -0.0831. The number of unbranched alkanes of at least 4 members (excludes halogenated alkanes) is 1. The molecule has 0 fully saturated rings. The molecular weight excluding hydrogens is 264 g/mol. The average Bonchev–Trinajstić information content (AvgIpc) is 2.26. The largest absolute Gasteiger partial charge is 0.0876 e. The van der Waals surface area contributed by atoms with Crippen LogP contribution < -0.4 is 5.19 Å². The lowest BCUT2D eigenvalue weighted by Gasteiger charge is -2.22. The second-order valence-corrected chi connectivity index (χ2v) is 10.2. The first-order valence-electron chi connectivity index (χ1n) is 5.75. The zero-order valence-electron chi connectivity index (χ0n) is 10.0. The zero-order chi connectivity index (χ0) is 11.3. The van der Waals surface area contributed by atoms with Crippen molar-refractivity contribution in [2.45, 2.75) is 44.2 Å². The second kappa shape index (κ2) is 5.85. The van der Waals surface area contributed by atoms with Gasteiger partial charge in [0.15, 0.2) is 0 Å². The van der Waals surface area contributed by atoms with Gasteiger partial charge in [0, 0.05) is 5.33 Å². The van der Waals surface area contributed by atoms with Crippen molar-refractivity contribution in [3.8, 4) is 0 Å². The fourth-order valence-corrected chi connectivity index (χ4v) is 4.78. The van der Waals surface area contributed by atoms with Gasteiger partial charge in [-0.1, -0.05) is 84.3 Å². The minimum atomic E-state index is -1.15. The van der Waals surface area contributed by atoms with E-state index in [1.807, 2.05) is 0 Å². The van der Waals surface area contributed by atoms with Crippen LogP contribution in [0.3, 0.4) is 0 Å². The van der Waals surface area contributed by atoms with E-state index in [9.17, 15) is 0 Å². The van der Waals surface area contributed by atoms with E-state index in [1.165, 1.54) is 24.4 Å². The molecule has 1 aromatic carbocycles. The third-order valence-electron chi connectivity index (χ3n) is 3.05. The SMILES string of the molecule is CCCC[Si](C)(C)c1ccc(CBr)cc1. The molecule has 0 unspecified atom stereocenters. The van der Waals surface area contributed by atoms with Gasteiger partial charge in [-0.05, 0) is 5.56 Å². The molecule has 0 aromatic heterocycles. The predicted octanol–water partition coefficient (Wildman–Crippen LogP) is 4.30. The van der Waals surface area contributed by atoms with Gasteiger partial charge in [0.2, 0.25) is 0 Å². The van der Waals surface area contributed by atoms with Crippen LogP contribution in [-0.2, 0) is 5.33 Å². The number of hydrogen-bond donors (Lipinski definition) is 0. The van der Waals surface area contributed by atoms with Crippen LogP contribution in [0.1, 0.15) is 25.3 Å². The van der Waals surface area contributed by atoms with Crippen LogP contribution in [0.2, 0.25) is 19.1 Å². The fourth-order valence-electron chi connectivity index (χ4n) is 1.81. The minimum Gasteiger partial charge on any atom is -0.0876 e. The molecule has 0 aliphatic heterocycles. The lowest BCUT2D eigenvalue weighted by Crippen LogP contribution is -2.40. The Morgan fingerprint density at radius 1 is 1.13 bits per heavy atom. The topological polar surface area (TPSA) is 0 Å². The number of rotatable bonds is 5. The molecule has 0 saturated carbocycles. The maximum absolute atomic E-state index is 3.49. The Morgan fingerprint density at radius 3 is 2.20 bits per heavy atom. The van der Waals surface area contributed by atoms with Gasteiger partial charge in [-0.2, -0.15) is 0 Å². The standard InChI is InChI=1S/C13H21BrSi/c1-4-5-10-15(2,3)13-8-6-12(11-14)7-9-13/h6-9H,4-5,10-11H2,1-3H3.